The van der Waals surface area contributed by atoms with Crippen LogP contribution in [0, 0.1) is 0 Å². The highest BCUT2D eigenvalue weighted by atomic mass is 79.9. The standard InChI is InChI=1S/C2H4Br2.C2F4/c1-2(3)4;3-1(4)2(5)6/h2H,1H3;. The monoisotopic (exact) mass is 286 g/mol. The van der Waals surface area contributed by atoms with Crippen LogP contribution in [0.2, 0.25) is 0 Å². The van der Waals surface area contributed by atoms with E-state index in [2.05, 4.69) is 31.9 Å². The van der Waals surface area contributed by atoms with E-state index in [-0.39, 0.29) is 0 Å². The lowest BCUT2D eigenvalue weighted by atomic mass is 11.0. The summed E-state index contributed by atoms with van der Waals surface area (Å²) in [5, 5.41) is 0. The van der Waals surface area contributed by atoms with E-state index in [0.29, 0.717) is 3.74 Å². The van der Waals surface area contributed by atoms with E-state index in [1.54, 1.807) is 0 Å². The summed E-state index contributed by atoms with van der Waals surface area (Å²) >= 11 is 6.38. The molecule has 0 atom stereocenters. The van der Waals surface area contributed by atoms with Crippen molar-refractivity contribution in [2.75, 3.05) is 0 Å². The molecule has 0 aromatic carbocycles. The molecular formula is C4H4Br2F4. The van der Waals surface area contributed by atoms with Gasteiger partial charge in [0.2, 0.25) is 0 Å². The van der Waals surface area contributed by atoms with Crippen molar-refractivity contribution in [2.24, 2.45) is 0 Å². The van der Waals surface area contributed by atoms with Crippen molar-refractivity contribution in [1.82, 2.24) is 0 Å². The minimum absolute atomic E-state index is 0.458. The molecule has 0 rings (SSSR count). The van der Waals surface area contributed by atoms with Crippen molar-refractivity contribution in [2.45, 2.75) is 10.7 Å². The predicted molar refractivity (Wildman–Crippen MR) is 38.8 cm³/mol. The Hall–Kier alpha value is 0.420. The van der Waals surface area contributed by atoms with E-state index in [1.165, 1.54) is 0 Å². The molecule has 0 saturated carbocycles. The molecule has 0 N–H and O–H groups in total. The Bertz CT molecular complexity index is 91.1. The molecule has 0 aromatic heterocycles. The molecule has 6 heteroatoms. The fourth-order valence-electron chi connectivity index (χ4n) is 0. The van der Waals surface area contributed by atoms with Crippen LogP contribution in [-0.2, 0) is 0 Å². The van der Waals surface area contributed by atoms with Crippen LogP contribution >= 0.6 is 31.9 Å². The minimum atomic E-state index is -2.91. The molecule has 0 amide bonds. The zero-order valence-corrected chi connectivity index (χ0v) is 8.02. The van der Waals surface area contributed by atoms with Crippen molar-refractivity contribution in [3.05, 3.63) is 12.2 Å². The molecule has 0 fully saturated rings. The third-order valence-corrected chi connectivity index (χ3v) is 0.143. The number of alkyl halides is 2. The van der Waals surface area contributed by atoms with Crippen molar-refractivity contribution in [3.63, 3.8) is 0 Å². The lowest BCUT2D eigenvalue weighted by Crippen LogP contribution is -1.60. The molecule has 0 aromatic rings. The van der Waals surface area contributed by atoms with E-state index in [0.717, 1.165) is 0 Å². The van der Waals surface area contributed by atoms with Crippen LogP contribution in [0.15, 0.2) is 12.2 Å². The van der Waals surface area contributed by atoms with Gasteiger partial charge in [-0.05, 0) is 6.92 Å². The van der Waals surface area contributed by atoms with E-state index < -0.39 is 12.2 Å². The van der Waals surface area contributed by atoms with Crippen LogP contribution < -0.4 is 0 Å². The first-order valence-electron chi connectivity index (χ1n) is 2.02. The van der Waals surface area contributed by atoms with Gasteiger partial charge in [-0.25, -0.2) is 0 Å². The molecule has 0 bridgehead atoms. The third kappa shape index (κ3) is 23.7. The zero-order valence-electron chi connectivity index (χ0n) is 4.85. The maximum atomic E-state index is 10.3. The first kappa shape index (κ1) is 13.0. The quantitative estimate of drug-likeness (QED) is 0.464. The average molecular weight is 288 g/mol. The van der Waals surface area contributed by atoms with Crippen LogP contribution in [0.5, 0.6) is 0 Å². The SMILES string of the molecule is CC(Br)Br.FC(F)=C(F)F. The highest BCUT2D eigenvalue weighted by Crippen LogP contribution is 2.08. The second kappa shape index (κ2) is 7.53. The van der Waals surface area contributed by atoms with E-state index >= 15 is 0 Å². The normalized spacial score (nSPS) is 8.40. The molecule has 0 aliphatic carbocycles. The van der Waals surface area contributed by atoms with Gasteiger partial charge < -0.3 is 0 Å². The molecule has 0 heterocycles. The summed E-state index contributed by atoms with van der Waals surface area (Å²) in [4.78, 5) is 0. The van der Waals surface area contributed by atoms with Crippen LogP contribution in [0.3, 0.4) is 0 Å². The molecule has 0 aliphatic heterocycles. The summed E-state index contributed by atoms with van der Waals surface area (Å²) in [7, 11) is 0. The average Bonchev–Trinajstić information content (AvgIpc) is 1.63. The Kier molecular flexibility index (Phi) is 9.82. The number of rotatable bonds is 0. The summed E-state index contributed by atoms with van der Waals surface area (Å²) in [5.41, 5.74) is 0. The fraction of sp³-hybridized carbons (Fsp3) is 0.500. The molecule has 0 saturated heterocycles. The molecule has 0 radical (unpaired) electrons. The molecule has 0 unspecified atom stereocenters. The van der Waals surface area contributed by atoms with Gasteiger partial charge in [0.05, 0.1) is 3.74 Å². The van der Waals surface area contributed by atoms with Crippen molar-refractivity contribution >= 4 is 31.9 Å². The Morgan fingerprint density at radius 2 is 1.10 bits per heavy atom. The molecule has 62 valence electrons. The summed E-state index contributed by atoms with van der Waals surface area (Å²) in [5.74, 6) is 0. The Morgan fingerprint density at radius 3 is 1.10 bits per heavy atom. The molecule has 0 nitrogen and oxygen atoms in total. The minimum Gasteiger partial charge on any atom is -0.167 e. The second-order valence-electron chi connectivity index (χ2n) is 1.04. The van der Waals surface area contributed by atoms with Crippen LogP contribution in [0.1, 0.15) is 6.92 Å². The maximum Gasteiger partial charge on any atom is 0.334 e. The fourth-order valence-corrected chi connectivity index (χ4v) is 0. The highest BCUT2D eigenvalue weighted by molar-refractivity contribution is 9.24. The zero-order chi connectivity index (χ0) is 8.73. The molecule has 0 aliphatic rings. The number of hydrogen-bond acceptors (Lipinski definition) is 0. The lowest BCUT2D eigenvalue weighted by Gasteiger charge is -1.73. The molecular weight excluding hydrogens is 284 g/mol. The highest BCUT2D eigenvalue weighted by Gasteiger charge is 1.98. The largest absolute Gasteiger partial charge is 0.334 e. The Labute approximate surface area is 72.5 Å². The van der Waals surface area contributed by atoms with Crippen LogP contribution in [0.25, 0.3) is 0 Å². The van der Waals surface area contributed by atoms with Crippen LogP contribution in [0.4, 0.5) is 17.6 Å². The van der Waals surface area contributed by atoms with Gasteiger partial charge in [-0.3, -0.25) is 0 Å². The van der Waals surface area contributed by atoms with Gasteiger partial charge in [-0.2, -0.15) is 17.6 Å². The molecule has 10 heavy (non-hydrogen) atoms. The number of hydrogen-bond donors (Lipinski definition) is 0. The lowest BCUT2D eigenvalue weighted by molar-refractivity contribution is 0.308. The van der Waals surface area contributed by atoms with Crippen molar-refractivity contribution in [1.29, 1.82) is 0 Å². The third-order valence-electron chi connectivity index (χ3n) is 0.143. The van der Waals surface area contributed by atoms with Gasteiger partial charge in [0.1, 0.15) is 0 Å². The molecule has 0 spiro atoms. The van der Waals surface area contributed by atoms with Gasteiger partial charge in [0.15, 0.2) is 0 Å². The number of halogens is 6. The van der Waals surface area contributed by atoms with Gasteiger partial charge in [0, 0.05) is 0 Å². The topological polar surface area (TPSA) is 0 Å². The van der Waals surface area contributed by atoms with Gasteiger partial charge >= 0.3 is 12.2 Å². The summed E-state index contributed by atoms with van der Waals surface area (Å²) in [6, 6.07) is 0. The Balaban J connectivity index is 0. The van der Waals surface area contributed by atoms with Gasteiger partial charge in [-0.1, -0.05) is 31.9 Å². The summed E-state index contributed by atoms with van der Waals surface area (Å²) < 4.78 is 41.6. The maximum absolute atomic E-state index is 10.3. The second-order valence-corrected chi connectivity index (χ2v) is 5.02. The van der Waals surface area contributed by atoms with Gasteiger partial charge in [0.25, 0.3) is 0 Å². The van der Waals surface area contributed by atoms with Crippen molar-refractivity contribution < 1.29 is 17.6 Å². The smallest absolute Gasteiger partial charge is 0.167 e. The van der Waals surface area contributed by atoms with Crippen LogP contribution in [-0.4, -0.2) is 3.74 Å². The first-order chi connectivity index (χ1) is 4.37. The predicted octanol–water partition coefficient (Wildman–Crippen LogP) is 4.11. The summed E-state index contributed by atoms with van der Waals surface area (Å²) in [6.07, 6.45) is -5.81. The van der Waals surface area contributed by atoms with E-state index in [9.17, 15) is 17.6 Å². The first-order valence-corrected chi connectivity index (χ1v) is 3.85. The Morgan fingerprint density at radius 1 is 1.00 bits per heavy atom. The van der Waals surface area contributed by atoms with E-state index in [1.807, 2.05) is 6.92 Å². The van der Waals surface area contributed by atoms with E-state index in [4.69, 9.17) is 0 Å². The van der Waals surface area contributed by atoms with Crippen molar-refractivity contribution in [3.8, 4) is 0 Å². The van der Waals surface area contributed by atoms with Gasteiger partial charge in [-0.15, -0.1) is 0 Å². The summed E-state index contributed by atoms with van der Waals surface area (Å²) in [6.45, 7) is 2.00.